The standard InChI is InChI=1S/C18H15Cl2N5.C17H13Cl2N3/c1-25-16(7-8-17-21-10-22-23-17)14-4-2-3-13(18(14)24-25)12-6-5-11(19)9-15(12)20;1-22-16(6-3-9-20)14-5-2-4-13(17(14)21-22)12-8-7-11(18)10-15(12)19/h2-6,9-10H,7-8H2,1H3,(H,21,22,23);2,4-5,7-8,10H,3,6H2,1H3. The average Bonchev–Trinajstić information content (AvgIpc) is 3.76. The van der Waals surface area contributed by atoms with E-state index in [0.717, 1.165) is 74.1 Å². The molecule has 1 N–H and O–H groups in total. The first kappa shape index (κ1) is 32.5. The molecule has 3 aromatic heterocycles. The fourth-order valence-corrected chi connectivity index (χ4v) is 6.76. The van der Waals surface area contributed by atoms with Crippen LogP contribution in [0.25, 0.3) is 44.1 Å². The minimum Gasteiger partial charge on any atom is -0.271 e. The van der Waals surface area contributed by atoms with Crippen LogP contribution >= 0.6 is 46.4 Å². The summed E-state index contributed by atoms with van der Waals surface area (Å²) >= 11 is 24.7. The number of hydrogen-bond donors (Lipinski definition) is 1. The molecule has 0 fully saturated rings. The SMILES string of the molecule is Cn1nc2c(-c3ccc(Cl)cc3Cl)cccc2c1CCC#N.Cn1nc2c(-c3ccc(Cl)cc3Cl)cccc2c1CCc1ncn[nH]1. The predicted octanol–water partition coefficient (Wildman–Crippen LogP) is 9.45. The van der Waals surface area contributed by atoms with E-state index in [4.69, 9.17) is 56.8 Å². The number of hydrogen-bond acceptors (Lipinski definition) is 5. The second kappa shape index (κ2) is 14.2. The van der Waals surface area contributed by atoms with Gasteiger partial charge in [0.1, 0.15) is 23.2 Å². The van der Waals surface area contributed by atoms with Gasteiger partial charge in [-0.15, -0.1) is 0 Å². The number of H-pyrrole nitrogens is 1. The van der Waals surface area contributed by atoms with Crippen molar-refractivity contribution in [2.45, 2.75) is 25.7 Å². The molecule has 0 saturated carbocycles. The highest BCUT2D eigenvalue weighted by Gasteiger charge is 2.17. The molecular formula is C35H28Cl4N8. The molecule has 7 rings (SSSR count). The van der Waals surface area contributed by atoms with Crippen LogP contribution in [-0.4, -0.2) is 34.7 Å². The number of aryl methyl sites for hydroxylation is 5. The summed E-state index contributed by atoms with van der Waals surface area (Å²) in [6, 6.07) is 25.3. The fourth-order valence-electron chi connectivity index (χ4n) is 5.74. The third-order valence-corrected chi connectivity index (χ3v) is 9.05. The Morgan fingerprint density at radius 3 is 1.68 bits per heavy atom. The second-order valence-corrected chi connectivity index (χ2v) is 12.6. The monoisotopic (exact) mass is 700 g/mol. The Labute approximate surface area is 291 Å². The van der Waals surface area contributed by atoms with Crippen LogP contribution in [0.4, 0.5) is 0 Å². The van der Waals surface area contributed by atoms with Gasteiger partial charge in [0.2, 0.25) is 0 Å². The Hall–Kier alpha value is -4.39. The van der Waals surface area contributed by atoms with Gasteiger partial charge in [0.25, 0.3) is 0 Å². The van der Waals surface area contributed by atoms with Crippen molar-refractivity contribution in [2.75, 3.05) is 0 Å². The van der Waals surface area contributed by atoms with E-state index < -0.39 is 0 Å². The molecule has 0 atom stereocenters. The van der Waals surface area contributed by atoms with Gasteiger partial charge in [0.05, 0.1) is 6.07 Å². The molecule has 236 valence electrons. The molecule has 0 bridgehead atoms. The van der Waals surface area contributed by atoms with Crippen molar-refractivity contribution in [3.05, 3.63) is 116 Å². The molecule has 0 amide bonds. The summed E-state index contributed by atoms with van der Waals surface area (Å²) in [5, 5.41) is 29.6. The minimum absolute atomic E-state index is 0.473. The number of nitrogens with one attached hydrogen (secondary N) is 1. The van der Waals surface area contributed by atoms with Gasteiger partial charge in [0, 0.05) is 97.9 Å². The van der Waals surface area contributed by atoms with Crippen LogP contribution < -0.4 is 0 Å². The number of nitrogens with zero attached hydrogens (tertiary/aromatic N) is 7. The van der Waals surface area contributed by atoms with Crippen LogP contribution in [0.15, 0.2) is 79.1 Å². The Morgan fingerprint density at radius 2 is 1.21 bits per heavy atom. The van der Waals surface area contributed by atoms with Crippen molar-refractivity contribution in [2.24, 2.45) is 14.1 Å². The van der Waals surface area contributed by atoms with Crippen LogP contribution in [0.5, 0.6) is 0 Å². The Kier molecular flexibility index (Phi) is 9.81. The molecule has 0 aliphatic rings. The van der Waals surface area contributed by atoms with Gasteiger partial charge < -0.3 is 0 Å². The smallest absolute Gasteiger partial charge is 0.137 e. The third kappa shape index (κ3) is 6.85. The van der Waals surface area contributed by atoms with Gasteiger partial charge in [-0.2, -0.15) is 20.6 Å². The number of aromatic nitrogens is 7. The van der Waals surface area contributed by atoms with Crippen LogP contribution in [0.3, 0.4) is 0 Å². The maximum absolute atomic E-state index is 8.81. The summed E-state index contributed by atoms with van der Waals surface area (Å²) in [4.78, 5) is 4.18. The summed E-state index contributed by atoms with van der Waals surface area (Å²) in [5.41, 5.74) is 7.84. The van der Waals surface area contributed by atoms with Crippen LogP contribution in [0, 0.1) is 11.3 Å². The van der Waals surface area contributed by atoms with E-state index in [-0.39, 0.29) is 0 Å². The molecule has 3 heterocycles. The van der Waals surface area contributed by atoms with E-state index in [1.165, 1.54) is 6.33 Å². The Balaban J connectivity index is 0.000000166. The maximum atomic E-state index is 8.81. The quantitative estimate of drug-likeness (QED) is 0.178. The first-order valence-electron chi connectivity index (χ1n) is 14.8. The van der Waals surface area contributed by atoms with Gasteiger partial charge in [-0.3, -0.25) is 14.5 Å². The molecule has 7 aromatic rings. The van der Waals surface area contributed by atoms with Gasteiger partial charge >= 0.3 is 0 Å². The number of halogens is 4. The number of rotatable bonds is 7. The number of nitriles is 1. The predicted molar refractivity (Wildman–Crippen MR) is 190 cm³/mol. The van der Waals surface area contributed by atoms with Gasteiger partial charge in [-0.05, 0) is 30.7 Å². The van der Waals surface area contributed by atoms with Crippen molar-refractivity contribution in [1.82, 2.24) is 34.7 Å². The zero-order valence-electron chi connectivity index (χ0n) is 25.5. The van der Waals surface area contributed by atoms with Crippen LogP contribution in [0.2, 0.25) is 20.1 Å². The van der Waals surface area contributed by atoms with Crippen molar-refractivity contribution in [1.29, 1.82) is 5.26 Å². The van der Waals surface area contributed by atoms with Crippen molar-refractivity contribution >= 4 is 68.2 Å². The first-order valence-corrected chi connectivity index (χ1v) is 16.3. The molecule has 47 heavy (non-hydrogen) atoms. The highest BCUT2D eigenvalue weighted by molar-refractivity contribution is 6.37. The molecule has 0 aliphatic carbocycles. The van der Waals surface area contributed by atoms with Crippen molar-refractivity contribution < 1.29 is 0 Å². The fraction of sp³-hybridized carbons (Fsp3) is 0.171. The topological polar surface area (TPSA) is 101 Å². The van der Waals surface area contributed by atoms with Crippen LogP contribution in [-0.2, 0) is 33.4 Å². The Bertz CT molecular complexity index is 2250. The molecule has 8 nitrogen and oxygen atoms in total. The average molecular weight is 702 g/mol. The summed E-state index contributed by atoms with van der Waals surface area (Å²) in [6.07, 6.45) is 4.28. The number of aromatic amines is 1. The minimum atomic E-state index is 0.473. The molecule has 0 saturated heterocycles. The second-order valence-electron chi connectivity index (χ2n) is 10.9. The van der Waals surface area contributed by atoms with E-state index in [0.29, 0.717) is 32.9 Å². The molecule has 0 unspecified atom stereocenters. The largest absolute Gasteiger partial charge is 0.271 e. The number of benzene rings is 4. The van der Waals surface area contributed by atoms with Gasteiger partial charge in [0.15, 0.2) is 0 Å². The molecule has 4 aromatic carbocycles. The van der Waals surface area contributed by atoms with E-state index in [1.54, 1.807) is 12.1 Å². The summed E-state index contributed by atoms with van der Waals surface area (Å²) in [7, 11) is 3.86. The normalized spacial score (nSPS) is 11.1. The zero-order chi connectivity index (χ0) is 33.1. The number of fused-ring (bicyclic) bond motifs is 2. The zero-order valence-corrected chi connectivity index (χ0v) is 28.5. The van der Waals surface area contributed by atoms with Crippen LogP contribution in [0.1, 0.15) is 23.6 Å². The molecular weight excluding hydrogens is 674 g/mol. The van der Waals surface area contributed by atoms with E-state index in [9.17, 15) is 0 Å². The first-order chi connectivity index (χ1) is 22.7. The Morgan fingerprint density at radius 1 is 0.681 bits per heavy atom. The van der Waals surface area contributed by atoms with Gasteiger partial charge in [-0.25, -0.2) is 4.98 Å². The summed E-state index contributed by atoms with van der Waals surface area (Å²) in [6.45, 7) is 0. The third-order valence-electron chi connectivity index (χ3n) is 7.95. The lowest BCUT2D eigenvalue weighted by atomic mass is 10.0. The highest BCUT2D eigenvalue weighted by atomic mass is 35.5. The lowest BCUT2D eigenvalue weighted by molar-refractivity contribution is 0.704. The highest BCUT2D eigenvalue weighted by Crippen LogP contribution is 2.37. The lowest BCUT2D eigenvalue weighted by Gasteiger charge is -2.06. The van der Waals surface area contributed by atoms with E-state index in [2.05, 4.69) is 32.4 Å². The lowest BCUT2D eigenvalue weighted by Crippen LogP contribution is -2.01. The summed E-state index contributed by atoms with van der Waals surface area (Å²) < 4.78 is 3.77. The van der Waals surface area contributed by atoms with Gasteiger partial charge in [-0.1, -0.05) is 94.9 Å². The molecule has 0 aliphatic heterocycles. The maximum Gasteiger partial charge on any atom is 0.137 e. The van der Waals surface area contributed by atoms with Crippen molar-refractivity contribution in [3.8, 4) is 28.3 Å². The van der Waals surface area contributed by atoms with E-state index >= 15 is 0 Å². The molecule has 0 spiro atoms. The van der Waals surface area contributed by atoms with Crippen molar-refractivity contribution in [3.63, 3.8) is 0 Å². The van der Waals surface area contributed by atoms with E-state index in [1.807, 2.05) is 78.1 Å². The molecule has 0 radical (unpaired) electrons. The summed E-state index contributed by atoms with van der Waals surface area (Å²) in [5.74, 6) is 0.867. The molecule has 12 heteroatoms.